The van der Waals surface area contributed by atoms with Gasteiger partial charge in [0.25, 0.3) is 0 Å². The predicted molar refractivity (Wildman–Crippen MR) is 76.9 cm³/mol. The van der Waals surface area contributed by atoms with Crippen LogP contribution in [0.15, 0.2) is 6.20 Å². The molecule has 1 aliphatic heterocycles. The SMILES string of the molecule is COc1ncc(Cl)c(NCCN2CCC(C)CC2)n1. The molecule has 0 spiro atoms. The lowest BCUT2D eigenvalue weighted by Gasteiger charge is -2.30. The van der Waals surface area contributed by atoms with E-state index < -0.39 is 0 Å². The summed E-state index contributed by atoms with van der Waals surface area (Å²) in [6, 6.07) is 0.332. The molecule has 1 aromatic heterocycles. The predicted octanol–water partition coefficient (Wildman–Crippen LogP) is 2.28. The maximum atomic E-state index is 6.04. The molecule has 6 heteroatoms. The molecule has 2 rings (SSSR count). The number of rotatable bonds is 5. The van der Waals surface area contributed by atoms with E-state index in [2.05, 4.69) is 27.1 Å². The second kappa shape index (κ2) is 6.91. The van der Waals surface area contributed by atoms with Crippen LogP contribution in [0, 0.1) is 5.92 Å². The fourth-order valence-corrected chi connectivity index (χ4v) is 2.35. The summed E-state index contributed by atoms with van der Waals surface area (Å²) in [5.74, 6) is 1.50. The summed E-state index contributed by atoms with van der Waals surface area (Å²) in [5, 5.41) is 3.76. The Balaban J connectivity index is 1.79. The van der Waals surface area contributed by atoms with Crippen LogP contribution in [-0.2, 0) is 0 Å². The highest BCUT2D eigenvalue weighted by Gasteiger charge is 2.15. The number of anilines is 1. The van der Waals surface area contributed by atoms with Gasteiger partial charge in [-0.1, -0.05) is 18.5 Å². The number of nitrogens with zero attached hydrogens (tertiary/aromatic N) is 3. The Labute approximate surface area is 119 Å². The fraction of sp³-hybridized carbons (Fsp3) is 0.692. The van der Waals surface area contributed by atoms with Gasteiger partial charge in [-0.2, -0.15) is 4.98 Å². The summed E-state index contributed by atoms with van der Waals surface area (Å²) in [5.41, 5.74) is 0. The van der Waals surface area contributed by atoms with Crippen molar-refractivity contribution in [3.8, 4) is 6.01 Å². The van der Waals surface area contributed by atoms with Crippen LogP contribution in [0.3, 0.4) is 0 Å². The van der Waals surface area contributed by atoms with Gasteiger partial charge in [-0.25, -0.2) is 4.98 Å². The Bertz CT molecular complexity index is 408. The zero-order chi connectivity index (χ0) is 13.7. The third-order valence-corrected chi connectivity index (χ3v) is 3.78. The molecule has 1 fully saturated rings. The molecule has 19 heavy (non-hydrogen) atoms. The van der Waals surface area contributed by atoms with Crippen molar-refractivity contribution < 1.29 is 4.74 Å². The third-order valence-electron chi connectivity index (χ3n) is 3.50. The Morgan fingerprint density at radius 3 is 2.89 bits per heavy atom. The standard InChI is InChI=1S/C13H21ClN4O/c1-10-3-6-18(7-4-10)8-5-15-12-11(14)9-16-13(17-12)19-2/h9-10H,3-8H2,1-2H3,(H,15,16,17). The summed E-state index contributed by atoms with van der Waals surface area (Å²) in [6.07, 6.45) is 4.14. The first kappa shape index (κ1) is 14.3. The molecular formula is C13H21ClN4O. The summed E-state index contributed by atoms with van der Waals surface area (Å²) in [6.45, 7) is 6.53. The van der Waals surface area contributed by atoms with Crippen LogP contribution in [0.5, 0.6) is 6.01 Å². The second-order valence-corrected chi connectivity index (χ2v) is 5.41. The van der Waals surface area contributed by atoms with Crippen molar-refractivity contribution in [1.29, 1.82) is 0 Å². The van der Waals surface area contributed by atoms with Gasteiger partial charge in [0.05, 0.1) is 13.3 Å². The average molecular weight is 285 g/mol. The largest absolute Gasteiger partial charge is 0.467 e. The quantitative estimate of drug-likeness (QED) is 0.899. The second-order valence-electron chi connectivity index (χ2n) is 5.00. The highest BCUT2D eigenvalue weighted by Crippen LogP contribution is 2.20. The minimum atomic E-state index is 0.332. The minimum absolute atomic E-state index is 0.332. The topological polar surface area (TPSA) is 50.3 Å². The first-order valence-corrected chi connectivity index (χ1v) is 7.09. The van der Waals surface area contributed by atoms with Crippen molar-refractivity contribution in [2.24, 2.45) is 5.92 Å². The van der Waals surface area contributed by atoms with Crippen LogP contribution >= 0.6 is 11.6 Å². The van der Waals surface area contributed by atoms with Crippen LogP contribution in [0.25, 0.3) is 0 Å². The van der Waals surface area contributed by atoms with Gasteiger partial charge in [-0.15, -0.1) is 0 Å². The summed E-state index contributed by atoms with van der Waals surface area (Å²) < 4.78 is 4.99. The maximum absolute atomic E-state index is 6.04. The van der Waals surface area contributed by atoms with Gasteiger partial charge in [0.2, 0.25) is 0 Å². The highest BCUT2D eigenvalue weighted by molar-refractivity contribution is 6.32. The monoisotopic (exact) mass is 284 g/mol. The van der Waals surface area contributed by atoms with Gasteiger partial charge in [0.15, 0.2) is 5.82 Å². The van der Waals surface area contributed by atoms with E-state index in [1.54, 1.807) is 13.3 Å². The van der Waals surface area contributed by atoms with Gasteiger partial charge in [-0.3, -0.25) is 0 Å². The number of nitrogens with one attached hydrogen (secondary N) is 1. The molecule has 5 nitrogen and oxygen atoms in total. The van der Waals surface area contributed by atoms with E-state index in [0.29, 0.717) is 16.9 Å². The van der Waals surface area contributed by atoms with Crippen LogP contribution in [0.2, 0.25) is 5.02 Å². The zero-order valence-corrected chi connectivity index (χ0v) is 12.3. The third kappa shape index (κ3) is 4.21. The molecule has 0 saturated carbocycles. The maximum Gasteiger partial charge on any atom is 0.318 e. The van der Waals surface area contributed by atoms with Crippen molar-refractivity contribution in [3.63, 3.8) is 0 Å². The van der Waals surface area contributed by atoms with Gasteiger partial charge in [0.1, 0.15) is 5.02 Å². The number of hydrogen-bond donors (Lipinski definition) is 1. The van der Waals surface area contributed by atoms with E-state index >= 15 is 0 Å². The Morgan fingerprint density at radius 2 is 2.21 bits per heavy atom. The lowest BCUT2D eigenvalue weighted by molar-refractivity contribution is 0.199. The van der Waals surface area contributed by atoms with E-state index in [1.165, 1.54) is 25.9 Å². The van der Waals surface area contributed by atoms with Crippen molar-refractivity contribution in [3.05, 3.63) is 11.2 Å². The number of ether oxygens (including phenoxy) is 1. The highest BCUT2D eigenvalue weighted by atomic mass is 35.5. The number of likely N-dealkylation sites (tertiary alicyclic amines) is 1. The Hall–Kier alpha value is -1.07. The van der Waals surface area contributed by atoms with E-state index in [1.807, 2.05) is 0 Å². The molecule has 0 atom stereocenters. The van der Waals surface area contributed by atoms with Crippen molar-refractivity contribution in [2.45, 2.75) is 19.8 Å². The molecule has 1 N–H and O–H groups in total. The van der Waals surface area contributed by atoms with Crippen LogP contribution in [-0.4, -0.2) is 48.2 Å². The number of piperidine rings is 1. The molecule has 0 bridgehead atoms. The van der Waals surface area contributed by atoms with Crippen LogP contribution < -0.4 is 10.1 Å². The molecule has 106 valence electrons. The molecule has 0 unspecified atom stereocenters. The number of aromatic nitrogens is 2. The number of methoxy groups -OCH3 is 1. The molecule has 0 radical (unpaired) electrons. The smallest absolute Gasteiger partial charge is 0.318 e. The van der Waals surface area contributed by atoms with Gasteiger partial charge < -0.3 is 15.0 Å². The molecule has 0 amide bonds. The van der Waals surface area contributed by atoms with Crippen LogP contribution in [0.4, 0.5) is 5.82 Å². The lowest BCUT2D eigenvalue weighted by Crippen LogP contribution is -2.36. The van der Waals surface area contributed by atoms with Crippen molar-refractivity contribution in [2.75, 3.05) is 38.6 Å². The normalized spacial score (nSPS) is 17.4. The molecule has 0 aliphatic carbocycles. The first-order valence-electron chi connectivity index (χ1n) is 6.72. The number of halogens is 1. The molecule has 2 heterocycles. The van der Waals surface area contributed by atoms with E-state index in [0.717, 1.165) is 19.0 Å². The van der Waals surface area contributed by atoms with E-state index in [4.69, 9.17) is 16.3 Å². The van der Waals surface area contributed by atoms with Crippen molar-refractivity contribution >= 4 is 17.4 Å². The summed E-state index contributed by atoms with van der Waals surface area (Å²) >= 11 is 6.04. The first-order chi connectivity index (χ1) is 9.19. The molecule has 1 saturated heterocycles. The molecule has 1 aliphatic rings. The Kier molecular flexibility index (Phi) is 5.22. The van der Waals surface area contributed by atoms with Crippen LogP contribution in [0.1, 0.15) is 19.8 Å². The number of hydrogen-bond acceptors (Lipinski definition) is 5. The zero-order valence-electron chi connectivity index (χ0n) is 11.5. The minimum Gasteiger partial charge on any atom is -0.467 e. The van der Waals surface area contributed by atoms with Crippen molar-refractivity contribution in [1.82, 2.24) is 14.9 Å². The van der Waals surface area contributed by atoms with Gasteiger partial charge >= 0.3 is 6.01 Å². The molecule has 1 aromatic rings. The fourth-order valence-electron chi connectivity index (χ4n) is 2.19. The van der Waals surface area contributed by atoms with Gasteiger partial charge in [0, 0.05) is 13.1 Å². The van der Waals surface area contributed by atoms with E-state index in [-0.39, 0.29) is 0 Å². The summed E-state index contributed by atoms with van der Waals surface area (Å²) in [4.78, 5) is 10.6. The van der Waals surface area contributed by atoms with Gasteiger partial charge in [-0.05, 0) is 31.8 Å². The average Bonchev–Trinajstić information content (AvgIpc) is 2.43. The molecule has 0 aromatic carbocycles. The summed E-state index contributed by atoms with van der Waals surface area (Å²) in [7, 11) is 1.54. The lowest BCUT2D eigenvalue weighted by atomic mass is 9.99. The Morgan fingerprint density at radius 1 is 1.47 bits per heavy atom. The molecular weight excluding hydrogens is 264 g/mol. The van der Waals surface area contributed by atoms with E-state index in [9.17, 15) is 0 Å².